The Labute approximate surface area is 284 Å². The summed E-state index contributed by atoms with van der Waals surface area (Å²) >= 11 is 20.1. The Morgan fingerprint density at radius 3 is 0.909 bits per heavy atom. The van der Waals surface area contributed by atoms with E-state index in [1.54, 1.807) is 0 Å². The topological polar surface area (TPSA) is 167 Å². The highest BCUT2D eigenvalue weighted by Crippen LogP contribution is 2.26. The molecular weight excluding hydrogens is 681 g/mol. The average molecular weight is 723 g/mol. The van der Waals surface area contributed by atoms with Crippen molar-refractivity contribution in [2.75, 3.05) is 81.6 Å². The van der Waals surface area contributed by atoms with Crippen molar-refractivity contribution in [3.05, 3.63) is 0 Å². The molecule has 0 bridgehead atoms. The van der Waals surface area contributed by atoms with Crippen molar-refractivity contribution in [1.29, 1.82) is 0 Å². The Kier molecular flexibility index (Phi) is 24.8. The van der Waals surface area contributed by atoms with E-state index in [0.29, 0.717) is 0 Å². The SMILES string of the molecule is O=COCC(COCC(COC(=O)CCS)(COC(=O)CCS)COC(=O)CCS)(COC(=O)CCS)COC(=O)CCS. The van der Waals surface area contributed by atoms with Gasteiger partial charge in [0.05, 0.1) is 56.1 Å². The Morgan fingerprint density at radius 2 is 0.682 bits per heavy atom. The van der Waals surface area contributed by atoms with E-state index < -0.39 is 40.7 Å². The second-order valence-corrected chi connectivity index (χ2v) is 11.8. The minimum absolute atomic E-state index is 0.00983. The molecule has 0 saturated heterocycles. The van der Waals surface area contributed by atoms with Gasteiger partial charge in [0.1, 0.15) is 39.6 Å². The van der Waals surface area contributed by atoms with E-state index in [4.69, 9.17) is 33.2 Å². The first-order valence-corrected chi connectivity index (χ1v) is 16.7. The molecule has 0 aliphatic rings. The minimum Gasteiger partial charge on any atom is -0.467 e. The number of hydrogen-bond acceptors (Lipinski definition) is 18. The van der Waals surface area contributed by atoms with Gasteiger partial charge < -0.3 is 33.2 Å². The molecule has 0 N–H and O–H groups in total. The number of carbonyl (C=O) groups excluding carboxylic acids is 6. The Morgan fingerprint density at radius 1 is 0.432 bits per heavy atom. The molecule has 0 rings (SSSR count). The number of esters is 5. The van der Waals surface area contributed by atoms with Gasteiger partial charge in [-0.15, -0.1) is 0 Å². The second-order valence-electron chi connectivity index (χ2n) is 9.57. The highest BCUT2D eigenvalue weighted by atomic mass is 32.1. The molecule has 0 aliphatic heterocycles. The lowest BCUT2D eigenvalue weighted by Gasteiger charge is -2.35. The molecule has 0 heterocycles. The summed E-state index contributed by atoms with van der Waals surface area (Å²) in [7, 11) is 0. The van der Waals surface area contributed by atoms with Crippen LogP contribution in [0.15, 0.2) is 0 Å². The van der Waals surface area contributed by atoms with Crippen molar-refractivity contribution in [3.63, 3.8) is 0 Å². The van der Waals surface area contributed by atoms with E-state index in [9.17, 15) is 28.8 Å². The quantitative estimate of drug-likeness (QED) is 0.0359. The van der Waals surface area contributed by atoms with Gasteiger partial charge in [-0.2, -0.15) is 63.1 Å². The largest absolute Gasteiger partial charge is 0.467 e. The zero-order valence-corrected chi connectivity index (χ0v) is 28.8. The van der Waals surface area contributed by atoms with Gasteiger partial charge in [0.25, 0.3) is 6.47 Å². The van der Waals surface area contributed by atoms with Crippen molar-refractivity contribution in [1.82, 2.24) is 0 Å². The van der Waals surface area contributed by atoms with Crippen LogP contribution in [0.2, 0.25) is 0 Å². The molecule has 44 heavy (non-hydrogen) atoms. The Bertz CT molecular complexity index is 813. The van der Waals surface area contributed by atoms with Gasteiger partial charge in [-0.1, -0.05) is 0 Å². The summed E-state index contributed by atoms with van der Waals surface area (Å²) in [5.41, 5.74) is -2.77. The van der Waals surface area contributed by atoms with Crippen LogP contribution >= 0.6 is 63.1 Å². The maximum atomic E-state index is 12.2. The number of carbonyl (C=O) groups is 6. The zero-order chi connectivity index (χ0) is 33.3. The van der Waals surface area contributed by atoms with Crippen molar-refractivity contribution in [2.24, 2.45) is 10.8 Å². The van der Waals surface area contributed by atoms with Crippen LogP contribution in [-0.2, 0) is 61.9 Å². The van der Waals surface area contributed by atoms with Crippen LogP contribution in [0.5, 0.6) is 0 Å². The molecule has 0 saturated carbocycles. The van der Waals surface area contributed by atoms with Gasteiger partial charge in [0.2, 0.25) is 0 Å². The molecule has 0 fully saturated rings. The number of ether oxygens (including phenoxy) is 7. The second kappa shape index (κ2) is 25.7. The van der Waals surface area contributed by atoms with Crippen molar-refractivity contribution in [2.45, 2.75) is 32.1 Å². The molecule has 254 valence electrons. The van der Waals surface area contributed by atoms with E-state index in [1.165, 1.54) is 0 Å². The average Bonchev–Trinajstić information content (AvgIpc) is 2.99. The van der Waals surface area contributed by atoms with Crippen molar-refractivity contribution in [3.8, 4) is 0 Å². The predicted octanol–water partition coefficient (Wildman–Crippen LogP) is 1.46. The van der Waals surface area contributed by atoms with Crippen LogP contribution in [0.4, 0.5) is 0 Å². The van der Waals surface area contributed by atoms with Crippen LogP contribution in [0.3, 0.4) is 0 Å². The van der Waals surface area contributed by atoms with E-state index in [1.807, 2.05) is 0 Å². The van der Waals surface area contributed by atoms with E-state index in [-0.39, 0.29) is 120 Å². The highest BCUT2D eigenvalue weighted by Gasteiger charge is 2.40. The van der Waals surface area contributed by atoms with Crippen LogP contribution in [0, 0.1) is 10.8 Å². The fraction of sp³-hybridized carbons (Fsp3) is 0.769. The molecule has 13 nitrogen and oxygen atoms in total. The van der Waals surface area contributed by atoms with Gasteiger partial charge in [-0.3, -0.25) is 28.8 Å². The summed E-state index contributed by atoms with van der Waals surface area (Å²) in [4.78, 5) is 72.1. The number of hydrogen-bond donors (Lipinski definition) is 5. The molecule has 0 radical (unpaired) electrons. The van der Waals surface area contributed by atoms with Gasteiger partial charge in [-0.25, -0.2) is 0 Å². The molecule has 0 unspecified atom stereocenters. The molecule has 0 aromatic rings. The van der Waals surface area contributed by atoms with E-state index in [0.717, 1.165) is 0 Å². The van der Waals surface area contributed by atoms with Gasteiger partial charge in [0.15, 0.2) is 0 Å². The van der Waals surface area contributed by atoms with E-state index in [2.05, 4.69) is 63.1 Å². The third-order valence-corrected chi connectivity index (χ3v) is 6.67. The normalized spacial score (nSPS) is 11.3. The van der Waals surface area contributed by atoms with Crippen LogP contribution in [0.25, 0.3) is 0 Å². The molecule has 0 spiro atoms. The van der Waals surface area contributed by atoms with Crippen molar-refractivity contribution < 1.29 is 61.9 Å². The number of rotatable bonds is 27. The number of thiol groups is 5. The molecule has 0 aromatic carbocycles. The highest BCUT2D eigenvalue weighted by molar-refractivity contribution is 7.80. The molecular formula is C26H42O13S5. The predicted molar refractivity (Wildman–Crippen MR) is 175 cm³/mol. The Balaban J connectivity index is 6.24. The standard InChI is InChI=1S/C26H42O13S5/c27-19-34-13-25(14-35-20(28)1-6-40,15-36-21(29)2-7-41)11-33-12-26(16-37-22(30)3-8-42,17-38-23(31)4-9-43)18-39-24(32)5-10-44/h19,40-44H,1-18H2. The smallest absolute Gasteiger partial charge is 0.306 e. The van der Waals surface area contributed by atoms with Gasteiger partial charge in [-0.05, 0) is 0 Å². The lowest BCUT2D eigenvalue weighted by atomic mass is 9.90. The summed E-state index contributed by atoms with van der Waals surface area (Å²) in [5.74, 6) is -1.93. The fourth-order valence-electron chi connectivity index (χ4n) is 3.18. The van der Waals surface area contributed by atoms with Crippen LogP contribution < -0.4 is 0 Å². The maximum absolute atomic E-state index is 12.2. The van der Waals surface area contributed by atoms with E-state index >= 15 is 0 Å². The summed E-state index contributed by atoms with van der Waals surface area (Å²) in [6.45, 7) is -2.76. The summed E-state index contributed by atoms with van der Waals surface area (Å²) in [6, 6.07) is 0. The maximum Gasteiger partial charge on any atom is 0.306 e. The molecule has 0 atom stereocenters. The van der Waals surface area contributed by atoms with Crippen molar-refractivity contribution >= 4 is 99.5 Å². The van der Waals surface area contributed by atoms with Crippen LogP contribution in [0.1, 0.15) is 32.1 Å². The monoisotopic (exact) mass is 722 g/mol. The first-order chi connectivity index (χ1) is 21.0. The minimum atomic E-state index is -1.40. The third-order valence-electron chi connectivity index (χ3n) is 5.55. The first-order valence-electron chi connectivity index (χ1n) is 13.5. The summed E-state index contributed by atoms with van der Waals surface area (Å²) in [5, 5.41) is 0. The fourth-order valence-corrected chi connectivity index (χ4v) is 4.09. The summed E-state index contributed by atoms with van der Waals surface area (Å²) < 4.78 is 37.8. The third kappa shape index (κ3) is 19.8. The molecule has 18 heteroatoms. The lowest BCUT2D eigenvalue weighted by molar-refractivity contribution is -0.173. The molecule has 0 aromatic heterocycles. The molecule has 0 aliphatic carbocycles. The lowest BCUT2D eigenvalue weighted by Crippen LogP contribution is -2.47. The van der Waals surface area contributed by atoms with Gasteiger partial charge >= 0.3 is 29.8 Å². The van der Waals surface area contributed by atoms with Gasteiger partial charge in [0, 0.05) is 28.8 Å². The first kappa shape index (κ1) is 42.5. The molecule has 0 amide bonds. The summed E-state index contributed by atoms with van der Waals surface area (Å²) in [6.07, 6.45) is -0.0602. The van der Waals surface area contributed by atoms with Crippen LogP contribution in [-0.4, -0.2) is 118 Å². The zero-order valence-electron chi connectivity index (χ0n) is 24.3. The Hall–Kier alpha value is -1.47.